The molecule has 8 heteroatoms. The molecule has 0 radical (unpaired) electrons. The Balaban J connectivity index is 0.000000245. The molecule has 1 fully saturated rings. The van der Waals surface area contributed by atoms with E-state index < -0.39 is 5.97 Å². The molecule has 166 valence electrons. The van der Waals surface area contributed by atoms with Gasteiger partial charge < -0.3 is 33.9 Å². The van der Waals surface area contributed by atoms with Gasteiger partial charge in [-0.2, -0.15) is 0 Å². The van der Waals surface area contributed by atoms with Crippen LogP contribution in [0.15, 0.2) is 48.5 Å². The van der Waals surface area contributed by atoms with Crippen LogP contribution in [0.4, 0.5) is 0 Å². The van der Waals surface area contributed by atoms with E-state index in [4.69, 9.17) is 33.9 Å². The summed E-state index contributed by atoms with van der Waals surface area (Å²) in [6, 6.07) is 14.1. The average Bonchev–Trinajstić information content (AvgIpc) is 3.37. The largest absolute Gasteiger partial charge is 0.497 e. The molecule has 8 nitrogen and oxygen atoms in total. The number of rotatable bonds is 8. The Bertz CT molecular complexity index is 708. The second-order valence-corrected chi connectivity index (χ2v) is 5.93. The van der Waals surface area contributed by atoms with Crippen LogP contribution >= 0.6 is 0 Å². The Morgan fingerprint density at radius 3 is 1.80 bits per heavy atom. The van der Waals surface area contributed by atoms with Gasteiger partial charge in [0.1, 0.15) is 29.6 Å². The highest BCUT2D eigenvalue weighted by Crippen LogP contribution is 2.19. The summed E-state index contributed by atoms with van der Waals surface area (Å²) in [6.07, 6.45) is 2.56. The summed E-state index contributed by atoms with van der Waals surface area (Å²) in [5.41, 5.74) is 0. The van der Waals surface area contributed by atoms with Crippen molar-refractivity contribution in [1.29, 1.82) is 0 Å². The number of carboxylic acid groups (broad SMARTS) is 1. The van der Waals surface area contributed by atoms with E-state index >= 15 is 0 Å². The zero-order chi connectivity index (χ0) is 22.0. The van der Waals surface area contributed by atoms with Crippen LogP contribution in [-0.4, -0.2) is 63.4 Å². The normalized spacial score (nSPS) is 11.8. The average molecular weight is 422 g/mol. The highest BCUT2D eigenvalue weighted by Gasteiger charge is 2.00. The molecule has 2 N–H and O–H groups in total. The maximum Gasteiger partial charge on any atom is 0.341 e. The van der Waals surface area contributed by atoms with Gasteiger partial charge in [0.15, 0.2) is 6.61 Å². The van der Waals surface area contributed by atoms with Crippen molar-refractivity contribution in [2.24, 2.45) is 0 Å². The van der Waals surface area contributed by atoms with Crippen molar-refractivity contribution in [3.05, 3.63) is 48.5 Å². The van der Waals surface area contributed by atoms with Crippen LogP contribution in [0.5, 0.6) is 23.0 Å². The van der Waals surface area contributed by atoms with Gasteiger partial charge in [-0.25, -0.2) is 4.79 Å². The lowest BCUT2D eigenvalue weighted by atomic mass is 10.3. The van der Waals surface area contributed by atoms with Crippen molar-refractivity contribution >= 4 is 5.97 Å². The lowest BCUT2D eigenvalue weighted by Gasteiger charge is -2.05. The van der Waals surface area contributed by atoms with E-state index in [0.717, 1.165) is 19.0 Å². The summed E-state index contributed by atoms with van der Waals surface area (Å²) in [5, 5.41) is 16.8. The molecule has 2 aromatic carbocycles. The third-order valence-corrected chi connectivity index (χ3v) is 3.63. The molecule has 0 amide bonds. The molecule has 0 spiro atoms. The number of hydrogen-bond donors (Lipinski definition) is 2. The van der Waals surface area contributed by atoms with E-state index in [0.29, 0.717) is 23.9 Å². The van der Waals surface area contributed by atoms with Gasteiger partial charge in [0.2, 0.25) is 0 Å². The van der Waals surface area contributed by atoms with Gasteiger partial charge in [-0.15, -0.1) is 0 Å². The molecular formula is C22H30O8. The molecule has 1 saturated heterocycles. The number of hydrogen-bond acceptors (Lipinski definition) is 7. The Hall–Kier alpha value is -2.97. The second kappa shape index (κ2) is 15.9. The number of aliphatic hydroxyl groups is 1. The molecule has 0 bridgehead atoms. The molecule has 0 aromatic heterocycles. The summed E-state index contributed by atoms with van der Waals surface area (Å²) in [6.45, 7) is 2.00. The fraction of sp³-hybridized carbons (Fsp3) is 0.409. The number of carbonyl (C=O) groups is 1. The second-order valence-electron chi connectivity index (χ2n) is 5.93. The van der Waals surface area contributed by atoms with E-state index in [2.05, 4.69) is 0 Å². The molecular weight excluding hydrogens is 392 g/mol. The monoisotopic (exact) mass is 422 g/mol. The SMILES string of the molecule is C1CCOC1.COc1cccc(OCC(=O)O)c1.COc1cccc(OCCO)c1. The molecule has 0 unspecified atom stereocenters. The smallest absolute Gasteiger partial charge is 0.341 e. The molecule has 0 atom stereocenters. The van der Waals surface area contributed by atoms with E-state index in [1.807, 2.05) is 18.2 Å². The zero-order valence-corrected chi connectivity index (χ0v) is 17.4. The van der Waals surface area contributed by atoms with Crippen molar-refractivity contribution in [2.75, 3.05) is 47.3 Å². The minimum Gasteiger partial charge on any atom is -0.497 e. The fourth-order valence-electron chi connectivity index (χ4n) is 2.20. The van der Waals surface area contributed by atoms with Gasteiger partial charge >= 0.3 is 5.97 Å². The highest BCUT2D eigenvalue weighted by molar-refractivity contribution is 5.68. The van der Waals surface area contributed by atoms with Crippen LogP contribution in [0, 0.1) is 0 Å². The predicted octanol–water partition coefficient (Wildman–Crippen LogP) is 3.02. The lowest BCUT2D eigenvalue weighted by molar-refractivity contribution is -0.139. The van der Waals surface area contributed by atoms with Gasteiger partial charge in [-0.1, -0.05) is 12.1 Å². The van der Waals surface area contributed by atoms with E-state index in [1.54, 1.807) is 37.4 Å². The molecule has 1 aliphatic heterocycles. The molecule has 0 saturated carbocycles. The standard InChI is InChI=1S/C9H10O4.C9H12O3.C4H8O/c1-12-7-3-2-4-8(5-7)13-6-9(10)11;1-11-8-3-2-4-9(7-8)12-6-5-10;1-2-4-5-3-1/h2-5H,6H2,1H3,(H,10,11);2-4,7,10H,5-6H2,1H3;1-4H2. The number of methoxy groups -OCH3 is 2. The minimum atomic E-state index is -0.997. The van der Waals surface area contributed by atoms with Crippen LogP contribution in [0.2, 0.25) is 0 Å². The third kappa shape index (κ3) is 11.8. The molecule has 0 aliphatic carbocycles. The summed E-state index contributed by atoms with van der Waals surface area (Å²) >= 11 is 0. The topological polar surface area (TPSA) is 104 Å². The summed E-state index contributed by atoms with van der Waals surface area (Å²) < 4.78 is 25.0. The van der Waals surface area contributed by atoms with Gasteiger partial charge in [-0.05, 0) is 37.1 Å². The number of aliphatic hydroxyl groups excluding tert-OH is 1. The van der Waals surface area contributed by atoms with Crippen molar-refractivity contribution in [3.8, 4) is 23.0 Å². The molecule has 3 rings (SSSR count). The Kier molecular flexibility index (Phi) is 13.3. The van der Waals surface area contributed by atoms with Gasteiger partial charge in [0.05, 0.1) is 20.8 Å². The minimum absolute atomic E-state index is 0.0250. The molecule has 30 heavy (non-hydrogen) atoms. The first-order valence-electron chi connectivity index (χ1n) is 9.53. The van der Waals surface area contributed by atoms with Crippen LogP contribution in [0.1, 0.15) is 12.8 Å². The van der Waals surface area contributed by atoms with Crippen LogP contribution in [0.3, 0.4) is 0 Å². The summed E-state index contributed by atoms with van der Waals surface area (Å²) in [7, 11) is 3.14. The lowest BCUT2D eigenvalue weighted by Crippen LogP contribution is -2.09. The first kappa shape index (κ1) is 25.1. The van der Waals surface area contributed by atoms with E-state index in [1.165, 1.54) is 20.0 Å². The van der Waals surface area contributed by atoms with Crippen molar-refractivity contribution in [2.45, 2.75) is 12.8 Å². The highest BCUT2D eigenvalue weighted by atomic mass is 16.5. The van der Waals surface area contributed by atoms with Crippen LogP contribution in [0.25, 0.3) is 0 Å². The molecule has 1 heterocycles. The number of ether oxygens (including phenoxy) is 5. The summed E-state index contributed by atoms with van der Waals surface area (Å²) in [4.78, 5) is 10.2. The van der Waals surface area contributed by atoms with Crippen molar-refractivity contribution in [1.82, 2.24) is 0 Å². The zero-order valence-electron chi connectivity index (χ0n) is 17.4. The third-order valence-electron chi connectivity index (χ3n) is 3.63. The van der Waals surface area contributed by atoms with Gasteiger partial charge in [0.25, 0.3) is 0 Å². The van der Waals surface area contributed by atoms with Gasteiger partial charge in [0, 0.05) is 25.3 Å². The van der Waals surface area contributed by atoms with Crippen molar-refractivity contribution in [3.63, 3.8) is 0 Å². The van der Waals surface area contributed by atoms with Crippen LogP contribution in [-0.2, 0) is 9.53 Å². The fourth-order valence-corrected chi connectivity index (χ4v) is 2.20. The molecule has 2 aromatic rings. The summed E-state index contributed by atoms with van der Waals surface area (Å²) in [5.74, 6) is 1.60. The maximum atomic E-state index is 10.2. The van der Waals surface area contributed by atoms with E-state index in [9.17, 15) is 4.79 Å². The Labute approximate surface area is 176 Å². The molecule has 1 aliphatic rings. The Morgan fingerprint density at radius 2 is 1.40 bits per heavy atom. The Morgan fingerprint density at radius 1 is 0.900 bits per heavy atom. The number of carboxylic acids is 1. The predicted molar refractivity (Wildman–Crippen MR) is 112 cm³/mol. The van der Waals surface area contributed by atoms with Crippen molar-refractivity contribution < 1.29 is 38.7 Å². The number of benzene rings is 2. The number of aliphatic carboxylic acids is 1. The first-order valence-corrected chi connectivity index (χ1v) is 9.53. The quantitative estimate of drug-likeness (QED) is 0.669. The maximum absolute atomic E-state index is 10.2. The van der Waals surface area contributed by atoms with Crippen LogP contribution < -0.4 is 18.9 Å². The van der Waals surface area contributed by atoms with Gasteiger partial charge in [-0.3, -0.25) is 0 Å². The van der Waals surface area contributed by atoms with E-state index in [-0.39, 0.29) is 13.2 Å². The first-order chi connectivity index (χ1) is 14.6.